The van der Waals surface area contributed by atoms with Crippen molar-refractivity contribution in [2.75, 3.05) is 0 Å². The largest absolute Gasteiger partial charge is 0.479 e. The van der Waals surface area contributed by atoms with Crippen LogP contribution in [0.3, 0.4) is 0 Å². The third-order valence-electron chi connectivity index (χ3n) is 3.56. The second-order valence-corrected chi connectivity index (χ2v) is 5.33. The van der Waals surface area contributed by atoms with Crippen LogP contribution in [0.15, 0.2) is 48.5 Å². The second-order valence-electron chi connectivity index (χ2n) is 5.33. The lowest BCUT2D eigenvalue weighted by Gasteiger charge is -2.03. The minimum Gasteiger partial charge on any atom is -0.479 e. The Labute approximate surface area is 132 Å². The maximum absolute atomic E-state index is 12.7. The summed E-state index contributed by atoms with van der Waals surface area (Å²) in [5, 5.41) is 17.4. The molecule has 4 nitrogen and oxygen atoms in total. The molecule has 1 aliphatic rings. The number of halogens is 2. The third-order valence-corrected chi connectivity index (χ3v) is 3.56. The van der Waals surface area contributed by atoms with Crippen LogP contribution in [0.2, 0.25) is 0 Å². The molecule has 122 valence electrons. The Morgan fingerprint density at radius 3 is 2.22 bits per heavy atom. The minimum atomic E-state index is -1.41. The van der Waals surface area contributed by atoms with E-state index in [9.17, 15) is 13.6 Å². The van der Waals surface area contributed by atoms with Crippen LogP contribution < -0.4 is 5.73 Å². The quantitative estimate of drug-likeness (QED) is 0.811. The molecule has 0 amide bonds. The molecular weight excluding hydrogens is 304 g/mol. The van der Waals surface area contributed by atoms with E-state index < -0.39 is 23.7 Å². The maximum Gasteiger partial charge on any atom is 0.337 e. The molecule has 0 aromatic heterocycles. The van der Waals surface area contributed by atoms with Gasteiger partial charge in [-0.3, -0.25) is 0 Å². The molecule has 4 N–H and O–H groups in total. The van der Waals surface area contributed by atoms with E-state index in [0.29, 0.717) is 5.56 Å². The topological polar surface area (TPSA) is 83.6 Å². The molecule has 1 saturated carbocycles. The Morgan fingerprint density at radius 2 is 1.74 bits per heavy atom. The van der Waals surface area contributed by atoms with Gasteiger partial charge in [-0.05, 0) is 29.7 Å². The van der Waals surface area contributed by atoms with Crippen molar-refractivity contribution >= 4 is 5.97 Å². The number of nitrogens with two attached hydrogens (primary N) is 1. The monoisotopic (exact) mass is 321 g/mol. The van der Waals surface area contributed by atoms with Crippen molar-refractivity contribution in [3.63, 3.8) is 0 Å². The van der Waals surface area contributed by atoms with Gasteiger partial charge < -0.3 is 15.9 Å². The van der Waals surface area contributed by atoms with Crippen LogP contribution in [-0.4, -0.2) is 22.2 Å². The molecule has 1 unspecified atom stereocenters. The van der Waals surface area contributed by atoms with Crippen molar-refractivity contribution in [2.45, 2.75) is 24.5 Å². The molecule has 1 aliphatic carbocycles. The second kappa shape index (κ2) is 7.30. The summed E-state index contributed by atoms with van der Waals surface area (Å²) < 4.78 is 25.2. The predicted octanol–water partition coefficient (Wildman–Crippen LogP) is 2.58. The van der Waals surface area contributed by atoms with Crippen molar-refractivity contribution in [1.82, 2.24) is 0 Å². The predicted molar refractivity (Wildman–Crippen MR) is 80.7 cm³/mol. The van der Waals surface area contributed by atoms with Crippen LogP contribution in [0.4, 0.5) is 8.78 Å². The zero-order valence-electron chi connectivity index (χ0n) is 12.2. The number of hydrogen-bond donors (Lipinski definition) is 3. The standard InChI is InChI=1S/C9H9F2N.C8H8O3/c10-7-2-1-5(3-8(7)11)6-4-9(6)12;9-7(8(10)11)6-4-2-1-3-5-6/h1-3,6,9H,4,12H2;1-5,7,9H,(H,10,11)/t6-,9+;/m0./s1. The Hall–Kier alpha value is -2.31. The van der Waals surface area contributed by atoms with Gasteiger partial charge in [-0.15, -0.1) is 0 Å². The highest BCUT2D eigenvalue weighted by Gasteiger charge is 2.35. The molecule has 0 aliphatic heterocycles. The molecule has 3 atom stereocenters. The van der Waals surface area contributed by atoms with Gasteiger partial charge in [0.1, 0.15) is 0 Å². The highest BCUT2D eigenvalue weighted by Crippen LogP contribution is 2.39. The van der Waals surface area contributed by atoms with E-state index in [0.717, 1.165) is 18.1 Å². The number of benzene rings is 2. The van der Waals surface area contributed by atoms with E-state index in [-0.39, 0.29) is 12.0 Å². The minimum absolute atomic E-state index is 0.134. The van der Waals surface area contributed by atoms with Gasteiger partial charge in [0.2, 0.25) is 0 Å². The molecular formula is C17H17F2NO3. The summed E-state index contributed by atoms with van der Waals surface area (Å²) in [7, 11) is 0. The molecule has 0 bridgehead atoms. The third kappa shape index (κ3) is 4.58. The molecule has 0 radical (unpaired) electrons. The maximum atomic E-state index is 12.7. The smallest absolute Gasteiger partial charge is 0.337 e. The number of carboxylic acids is 1. The first-order valence-electron chi connectivity index (χ1n) is 7.06. The Kier molecular flexibility index (Phi) is 5.41. The van der Waals surface area contributed by atoms with Crippen LogP contribution >= 0.6 is 0 Å². The summed E-state index contributed by atoms with van der Waals surface area (Å²) in [5.41, 5.74) is 6.78. The van der Waals surface area contributed by atoms with E-state index >= 15 is 0 Å². The van der Waals surface area contributed by atoms with Crippen molar-refractivity contribution in [3.05, 3.63) is 71.3 Å². The van der Waals surface area contributed by atoms with Crippen LogP contribution in [0.5, 0.6) is 0 Å². The molecule has 0 heterocycles. The number of aliphatic carboxylic acids is 1. The Morgan fingerprint density at radius 1 is 1.13 bits per heavy atom. The fraction of sp³-hybridized carbons (Fsp3) is 0.235. The summed E-state index contributed by atoms with van der Waals surface area (Å²) in [6, 6.07) is 12.4. The zero-order valence-corrected chi connectivity index (χ0v) is 12.2. The van der Waals surface area contributed by atoms with Crippen molar-refractivity contribution < 1.29 is 23.8 Å². The van der Waals surface area contributed by atoms with Gasteiger partial charge in [0.25, 0.3) is 0 Å². The van der Waals surface area contributed by atoms with E-state index in [1.54, 1.807) is 36.4 Å². The SMILES string of the molecule is N[C@@H]1C[C@H]1c1ccc(F)c(F)c1.O=C(O)C(O)c1ccccc1. The summed E-state index contributed by atoms with van der Waals surface area (Å²) in [4.78, 5) is 10.2. The molecule has 2 aromatic carbocycles. The van der Waals surface area contributed by atoms with E-state index in [1.165, 1.54) is 6.07 Å². The first-order chi connectivity index (χ1) is 10.9. The molecule has 0 spiro atoms. The average molecular weight is 321 g/mol. The fourth-order valence-corrected chi connectivity index (χ4v) is 2.12. The van der Waals surface area contributed by atoms with Crippen molar-refractivity contribution in [3.8, 4) is 0 Å². The number of aliphatic hydroxyl groups is 1. The van der Waals surface area contributed by atoms with Gasteiger partial charge in [0.15, 0.2) is 17.7 Å². The van der Waals surface area contributed by atoms with E-state index in [1.807, 2.05) is 0 Å². The van der Waals surface area contributed by atoms with Gasteiger partial charge in [0, 0.05) is 12.0 Å². The molecule has 2 aromatic rings. The number of aliphatic hydroxyl groups excluding tert-OH is 1. The Balaban J connectivity index is 0.000000168. The highest BCUT2D eigenvalue weighted by molar-refractivity contribution is 5.73. The molecule has 0 saturated heterocycles. The first-order valence-corrected chi connectivity index (χ1v) is 7.06. The van der Waals surface area contributed by atoms with Crippen LogP contribution in [0.1, 0.15) is 29.6 Å². The van der Waals surface area contributed by atoms with E-state index in [4.69, 9.17) is 15.9 Å². The van der Waals surface area contributed by atoms with Crippen LogP contribution in [0.25, 0.3) is 0 Å². The number of rotatable bonds is 3. The summed E-state index contributed by atoms with van der Waals surface area (Å²) in [6.45, 7) is 0. The normalized spacial score (nSPS) is 20.2. The summed E-state index contributed by atoms with van der Waals surface area (Å²) in [5.74, 6) is -2.57. The molecule has 1 fully saturated rings. The van der Waals surface area contributed by atoms with Gasteiger partial charge in [-0.2, -0.15) is 0 Å². The lowest BCUT2D eigenvalue weighted by molar-refractivity contribution is -0.146. The van der Waals surface area contributed by atoms with E-state index in [2.05, 4.69) is 0 Å². The lowest BCUT2D eigenvalue weighted by Crippen LogP contribution is -2.09. The number of carboxylic acid groups (broad SMARTS) is 1. The van der Waals surface area contributed by atoms with Crippen molar-refractivity contribution in [1.29, 1.82) is 0 Å². The number of carbonyl (C=O) groups is 1. The summed E-state index contributed by atoms with van der Waals surface area (Å²) >= 11 is 0. The average Bonchev–Trinajstić information content (AvgIpc) is 3.27. The Bertz CT molecular complexity index is 679. The van der Waals surface area contributed by atoms with Gasteiger partial charge in [0.05, 0.1) is 0 Å². The van der Waals surface area contributed by atoms with Gasteiger partial charge >= 0.3 is 5.97 Å². The zero-order chi connectivity index (χ0) is 17.0. The van der Waals surface area contributed by atoms with Crippen LogP contribution in [-0.2, 0) is 4.79 Å². The molecule has 3 rings (SSSR count). The van der Waals surface area contributed by atoms with Crippen LogP contribution in [0, 0.1) is 11.6 Å². The molecule has 23 heavy (non-hydrogen) atoms. The number of hydrogen-bond acceptors (Lipinski definition) is 3. The van der Waals surface area contributed by atoms with Gasteiger partial charge in [-0.25, -0.2) is 13.6 Å². The molecule has 6 heteroatoms. The summed E-state index contributed by atoms with van der Waals surface area (Å²) in [6.07, 6.45) is -0.526. The van der Waals surface area contributed by atoms with Gasteiger partial charge in [-0.1, -0.05) is 36.4 Å². The first kappa shape index (κ1) is 17.1. The fourth-order valence-electron chi connectivity index (χ4n) is 2.12. The van der Waals surface area contributed by atoms with Crippen molar-refractivity contribution in [2.24, 2.45) is 5.73 Å². The highest BCUT2D eigenvalue weighted by atomic mass is 19.2. The lowest BCUT2D eigenvalue weighted by atomic mass is 10.1.